The van der Waals surface area contributed by atoms with Crippen LogP contribution in [0.25, 0.3) is 0 Å². The molecule has 1 aliphatic carbocycles. The van der Waals surface area contributed by atoms with Crippen LogP contribution in [0.5, 0.6) is 0 Å². The Balaban J connectivity index is 1.96. The first kappa shape index (κ1) is 14.5. The lowest BCUT2D eigenvalue weighted by molar-refractivity contribution is -0.126. The lowest BCUT2D eigenvalue weighted by Crippen LogP contribution is -2.36. The fraction of sp³-hybridized carbons (Fsp3) is 0.533. The molecule has 1 amide bonds. The minimum atomic E-state index is 0.0413. The van der Waals surface area contributed by atoms with Crippen LogP contribution in [0.3, 0.4) is 0 Å². The Hall–Kier alpha value is -0.870. The van der Waals surface area contributed by atoms with Gasteiger partial charge in [-0.05, 0) is 49.9 Å². The zero-order chi connectivity index (χ0) is 13.8. The van der Waals surface area contributed by atoms with Crippen molar-refractivity contribution < 1.29 is 4.79 Å². The molecular weight excluding hydrogens is 304 g/mol. The average molecular weight is 325 g/mol. The summed E-state index contributed by atoms with van der Waals surface area (Å²) in [5.74, 6) is 0.614. The van der Waals surface area contributed by atoms with Gasteiger partial charge in [-0.2, -0.15) is 0 Å². The van der Waals surface area contributed by atoms with Crippen LogP contribution in [-0.2, 0) is 4.79 Å². The summed E-state index contributed by atoms with van der Waals surface area (Å²) in [4.78, 5) is 12.3. The molecule has 2 rings (SSSR count). The van der Waals surface area contributed by atoms with E-state index in [1.807, 2.05) is 31.2 Å². The molecule has 0 bridgehead atoms. The molecule has 3 atom stereocenters. The van der Waals surface area contributed by atoms with Crippen molar-refractivity contribution in [2.75, 3.05) is 6.54 Å². The van der Waals surface area contributed by atoms with Crippen molar-refractivity contribution in [2.24, 2.45) is 17.6 Å². The molecular formula is C15H21BrN2O. The highest BCUT2D eigenvalue weighted by atomic mass is 79.9. The Labute approximate surface area is 123 Å². The summed E-state index contributed by atoms with van der Waals surface area (Å²) in [5, 5.41) is 3.11. The maximum absolute atomic E-state index is 12.3. The number of nitrogens with one attached hydrogen (secondary N) is 1. The van der Waals surface area contributed by atoms with E-state index in [0.29, 0.717) is 12.5 Å². The molecule has 1 aliphatic rings. The first-order valence-electron chi connectivity index (χ1n) is 6.87. The molecule has 0 radical (unpaired) electrons. The Bertz CT molecular complexity index is 432. The number of carbonyl (C=O) groups excluding carboxylic acids is 1. The fourth-order valence-corrected chi connectivity index (χ4v) is 3.08. The molecule has 0 saturated heterocycles. The number of hydrogen-bond acceptors (Lipinski definition) is 2. The SMILES string of the molecule is CC(NC(=O)[C@@H]1CCC[C@@H]1CN)c1ccc(Br)cc1. The number of amides is 1. The van der Waals surface area contributed by atoms with Crippen LogP contribution in [0, 0.1) is 11.8 Å². The molecule has 1 aromatic carbocycles. The number of hydrogen-bond donors (Lipinski definition) is 2. The third kappa shape index (κ3) is 3.57. The molecule has 0 aliphatic heterocycles. The largest absolute Gasteiger partial charge is 0.349 e. The monoisotopic (exact) mass is 324 g/mol. The Morgan fingerprint density at radius 2 is 2.11 bits per heavy atom. The highest BCUT2D eigenvalue weighted by Gasteiger charge is 2.32. The van der Waals surface area contributed by atoms with E-state index in [4.69, 9.17) is 5.73 Å². The van der Waals surface area contributed by atoms with Crippen LogP contribution in [-0.4, -0.2) is 12.5 Å². The van der Waals surface area contributed by atoms with Crippen LogP contribution in [0.2, 0.25) is 0 Å². The minimum Gasteiger partial charge on any atom is -0.349 e. The number of halogens is 1. The Morgan fingerprint density at radius 3 is 2.74 bits per heavy atom. The van der Waals surface area contributed by atoms with Gasteiger partial charge in [-0.25, -0.2) is 0 Å². The second kappa shape index (κ2) is 6.53. The van der Waals surface area contributed by atoms with Gasteiger partial charge in [0, 0.05) is 10.4 Å². The summed E-state index contributed by atoms with van der Waals surface area (Å²) in [7, 11) is 0. The average Bonchev–Trinajstić information content (AvgIpc) is 2.87. The van der Waals surface area contributed by atoms with Crippen LogP contribution in [0.15, 0.2) is 28.7 Å². The minimum absolute atomic E-state index is 0.0413. The number of benzene rings is 1. The number of rotatable bonds is 4. The van der Waals surface area contributed by atoms with Crippen molar-refractivity contribution in [3.63, 3.8) is 0 Å². The van der Waals surface area contributed by atoms with Gasteiger partial charge in [-0.3, -0.25) is 4.79 Å². The predicted molar refractivity (Wildman–Crippen MR) is 80.6 cm³/mol. The van der Waals surface area contributed by atoms with Gasteiger partial charge in [-0.1, -0.05) is 34.5 Å². The van der Waals surface area contributed by atoms with Gasteiger partial charge in [0.1, 0.15) is 0 Å². The van der Waals surface area contributed by atoms with Crippen LogP contribution in [0.1, 0.15) is 37.8 Å². The van der Waals surface area contributed by atoms with E-state index >= 15 is 0 Å². The normalized spacial score (nSPS) is 24.2. The summed E-state index contributed by atoms with van der Waals surface area (Å²) in [6.07, 6.45) is 3.18. The van der Waals surface area contributed by atoms with E-state index in [1.54, 1.807) is 0 Å². The Morgan fingerprint density at radius 1 is 1.42 bits per heavy atom. The van der Waals surface area contributed by atoms with Crippen molar-refractivity contribution >= 4 is 21.8 Å². The van der Waals surface area contributed by atoms with Gasteiger partial charge in [-0.15, -0.1) is 0 Å². The van der Waals surface area contributed by atoms with Gasteiger partial charge in [0.2, 0.25) is 5.91 Å². The third-order valence-corrected chi connectivity index (χ3v) is 4.56. The van der Waals surface area contributed by atoms with E-state index in [9.17, 15) is 4.79 Å². The summed E-state index contributed by atoms with van der Waals surface area (Å²) < 4.78 is 1.05. The van der Waals surface area contributed by atoms with Crippen LogP contribution >= 0.6 is 15.9 Å². The lowest BCUT2D eigenvalue weighted by atomic mass is 9.95. The second-order valence-electron chi connectivity index (χ2n) is 5.32. The number of nitrogens with two attached hydrogens (primary N) is 1. The third-order valence-electron chi connectivity index (χ3n) is 4.03. The maximum Gasteiger partial charge on any atom is 0.223 e. The molecule has 0 heterocycles. The van der Waals surface area contributed by atoms with Gasteiger partial charge in [0.05, 0.1) is 6.04 Å². The van der Waals surface area contributed by atoms with Crippen molar-refractivity contribution in [1.29, 1.82) is 0 Å². The smallest absolute Gasteiger partial charge is 0.223 e. The van der Waals surface area contributed by atoms with Crippen LogP contribution < -0.4 is 11.1 Å². The van der Waals surface area contributed by atoms with Crippen molar-refractivity contribution in [2.45, 2.75) is 32.2 Å². The Kier molecular flexibility index (Phi) is 4.99. The summed E-state index contributed by atoms with van der Waals surface area (Å²) >= 11 is 3.42. The lowest BCUT2D eigenvalue weighted by Gasteiger charge is -2.21. The van der Waals surface area contributed by atoms with Crippen LogP contribution in [0.4, 0.5) is 0 Å². The zero-order valence-electron chi connectivity index (χ0n) is 11.2. The molecule has 0 aromatic heterocycles. The van der Waals surface area contributed by atoms with Crippen molar-refractivity contribution in [3.8, 4) is 0 Å². The quantitative estimate of drug-likeness (QED) is 0.894. The molecule has 1 aromatic rings. The summed E-state index contributed by atoms with van der Waals surface area (Å²) in [5.41, 5.74) is 6.86. The van der Waals surface area contributed by atoms with E-state index in [0.717, 1.165) is 29.3 Å². The first-order chi connectivity index (χ1) is 9.11. The van der Waals surface area contributed by atoms with E-state index in [2.05, 4.69) is 21.2 Å². The first-order valence-corrected chi connectivity index (χ1v) is 7.67. The second-order valence-corrected chi connectivity index (χ2v) is 6.23. The molecule has 1 fully saturated rings. The molecule has 1 saturated carbocycles. The highest BCUT2D eigenvalue weighted by Crippen LogP contribution is 2.31. The topological polar surface area (TPSA) is 55.1 Å². The molecule has 19 heavy (non-hydrogen) atoms. The maximum atomic E-state index is 12.3. The zero-order valence-corrected chi connectivity index (χ0v) is 12.8. The van der Waals surface area contributed by atoms with Gasteiger partial charge >= 0.3 is 0 Å². The highest BCUT2D eigenvalue weighted by molar-refractivity contribution is 9.10. The standard InChI is InChI=1S/C15H21BrN2O/c1-10(11-5-7-13(16)8-6-11)18-15(19)14-4-2-3-12(14)9-17/h5-8,10,12,14H,2-4,9,17H2,1H3,(H,18,19)/t10?,12-,14-/m1/s1. The molecule has 3 N–H and O–H groups in total. The molecule has 0 spiro atoms. The van der Waals surface area contributed by atoms with Gasteiger partial charge in [0.15, 0.2) is 0 Å². The number of carbonyl (C=O) groups is 1. The van der Waals surface area contributed by atoms with E-state index in [-0.39, 0.29) is 17.9 Å². The van der Waals surface area contributed by atoms with Crippen molar-refractivity contribution in [3.05, 3.63) is 34.3 Å². The van der Waals surface area contributed by atoms with E-state index in [1.165, 1.54) is 0 Å². The fourth-order valence-electron chi connectivity index (χ4n) is 2.82. The summed E-state index contributed by atoms with van der Waals surface area (Å²) in [6.45, 7) is 2.64. The summed E-state index contributed by atoms with van der Waals surface area (Å²) in [6, 6.07) is 8.10. The molecule has 104 valence electrons. The van der Waals surface area contributed by atoms with E-state index < -0.39 is 0 Å². The molecule has 4 heteroatoms. The van der Waals surface area contributed by atoms with Gasteiger partial charge in [0.25, 0.3) is 0 Å². The van der Waals surface area contributed by atoms with Gasteiger partial charge < -0.3 is 11.1 Å². The molecule has 1 unspecified atom stereocenters. The molecule has 3 nitrogen and oxygen atoms in total. The predicted octanol–water partition coefficient (Wildman–Crippen LogP) is 3.00. The van der Waals surface area contributed by atoms with Crippen molar-refractivity contribution in [1.82, 2.24) is 5.32 Å².